The maximum atomic E-state index is 14.1. The molecule has 0 radical (unpaired) electrons. The third kappa shape index (κ3) is 1.27. The van der Waals surface area contributed by atoms with Gasteiger partial charge in [-0.2, -0.15) is 0 Å². The van der Waals surface area contributed by atoms with Crippen LogP contribution in [-0.4, -0.2) is 8.07 Å². The lowest BCUT2D eigenvalue weighted by atomic mass is 10.0. The minimum atomic E-state index is -1.70. The fourth-order valence-corrected chi connectivity index (χ4v) is 6.77. The van der Waals surface area contributed by atoms with Crippen molar-refractivity contribution in [2.75, 3.05) is 0 Å². The predicted molar refractivity (Wildman–Crippen MR) is 73.3 cm³/mol. The summed E-state index contributed by atoms with van der Waals surface area (Å²) < 4.78 is 14.1. The SMILES string of the molecule is Cc1cccc2c1[Si](C)(C)c1cccc(F)c1-2. The summed E-state index contributed by atoms with van der Waals surface area (Å²) in [6.07, 6.45) is 0. The van der Waals surface area contributed by atoms with E-state index in [9.17, 15) is 4.39 Å². The lowest BCUT2D eigenvalue weighted by Gasteiger charge is -2.20. The number of aryl methyl sites for hydroxylation is 1. The largest absolute Gasteiger partial charge is 0.206 e. The van der Waals surface area contributed by atoms with Gasteiger partial charge in [-0.3, -0.25) is 0 Å². The first-order chi connectivity index (χ1) is 8.03. The first-order valence-electron chi connectivity index (χ1n) is 5.93. The Hall–Kier alpha value is -1.41. The zero-order chi connectivity index (χ0) is 12.2. The smallest absolute Gasteiger partial charge is 0.130 e. The van der Waals surface area contributed by atoms with Gasteiger partial charge in [0.2, 0.25) is 0 Å². The quantitative estimate of drug-likeness (QED) is 0.623. The molecule has 0 nitrogen and oxygen atoms in total. The van der Waals surface area contributed by atoms with Crippen molar-refractivity contribution in [1.29, 1.82) is 0 Å². The molecule has 3 rings (SSSR count). The lowest BCUT2D eigenvalue weighted by Crippen LogP contribution is -2.50. The molecule has 1 aliphatic heterocycles. The highest BCUT2D eigenvalue weighted by Crippen LogP contribution is 2.31. The molecular weight excluding hydrogens is 227 g/mol. The summed E-state index contributed by atoms with van der Waals surface area (Å²) in [5.41, 5.74) is 3.27. The highest BCUT2D eigenvalue weighted by molar-refractivity contribution is 7.04. The van der Waals surface area contributed by atoms with Gasteiger partial charge in [-0.05, 0) is 28.9 Å². The molecule has 0 fully saturated rings. The molecule has 0 aliphatic carbocycles. The molecule has 0 spiro atoms. The van der Waals surface area contributed by atoms with Crippen LogP contribution in [0.3, 0.4) is 0 Å². The second-order valence-corrected chi connectivity index (χ2v) is 9.57. The third-order valence-electron chi connectivity index (χ3n) is 3.85. The van der Waals surface area contributed by atoms with Crippen molar-refractivity contribution in [3.63, 3.8) is 0 Å². The van der Waals surface area contributed by atoms with E-state index in [1.807, 2.05) is 12.1 Å². The Labute approximate surface area is 102 Å². The number of halogens is 1. The molecule has 2 aromatic carbocycles. The molecule has 0 bridgehead atoms. The van der Waals surface area contributed by atoms with Crippen LogP contribution in [0.1, 0.15) is 5.56 Å². The molecule has 0 N–H and O–H groups in total. The Morgan fingerprint density at radius 1 is 1.00 bits per heavy atom. The van der Waals surface area contributed by atoms with Crippen molar-refractivity contribution < 1.29 is 4.39 Å². The maximum absolute atomic E-state index is 14.1. The highest BCUT2D eigenvalue weighted by atomic mass is 28.3. The average Bonchev–Trinajstić information content (AvgIpc) is 2.50. The Balaban J connectivity index is 2.48. The number of hydrogen-bond donors (Lipinski definition) is 0. The van der Waals surface area contributed by atoms with Gasteiger partial charge in [0, 0.05) is 5.56 Å². The van der Waals surface area contributed by atoms with Gasteiger partial charge in [-0.25, -0.2) is 4.39 Å². The highest BCUT2D eigenvalue weighted by Gasteiger charge is 2.39. The van der Waals surface area contributed by atoms with Crippen LogP contribution in [0.5, 0.6) is 0 Å². The molecule has 1 aliphatic rings. The van der Waals surface area contributed by atoms with Crippen molar-refractivity contribution >= 4 is 18.4 Å². The fourth-order valence-electron chi connectivity index (χ4n) is 3.16. The molecular formula is C15H15FSi. The molecule has 0 saturated heterocycles. The molecule has 0 saturated carbocycles. The summed E-state index contributed by atoms with van der Waals surface area (Å²) in [7, 11) is -1.70. The van der Waals surface area contributed by atoms with Crippen molar-refractivity contribution in [1.82, 2.24) is 0 Å². The molecule has 86 valence electrons. The zero-order valence-electron chi connectivity index (χ0n) is 10.3. The van der Waals surface area contributed by atoms with Gasteiger partial charge in [-0.1, -0.05) is 49.0 Å². The molecule has 0 amide bonds. The fraction of sp³-hybridized carbons (Fsp3) is 0.200. The van der Waals surface area contributed by atoms with Gasteiger partial charge in [0.25, 0.3) is 0 Å². The van der Waals surface area contributed by atoms with Crippen LogP contribution in [0.4, 0.5) is 4.39 Å². The van der Waals surface area contributed by atoms with Gasteiger partial charge < -0.3 is 0 Å². The van der Waals surface area contributed by atoms with E-state index in [0.29, 0.717) is 0 Å². The van der Waals surface area contributed by atoms with Crippen molar-refractivity contribution in [2.24, 2.45) is 0 Å². The summed E-state index contributed by atoms with van der Waals surface area (Å²) >= 11 is 0. The van der Waals surface area contributed by atoms with Gasteiger partial charge in [0.05, 0.1) is 0 Å². The van der Waals surface area contributed by atoms with Crippen LogP contribution < -0.4 is 10.4 Å². The van der Waals surface area contributed by atoms with E-state index < -0.39 is 8.07 Å². The van der Waals surface area contributed by atoms with E-state index in [4.69, 9.17) is 0 Å². The van der Waals surface area contributed by atoms with Crippen LogP contribution in [0.2, 0.25) is 13.1 Å². The van der Waals surface area contributed by atoms with E-state index in [0.717, 1.165) is 11.1 Å². The number of hydrogen-bond acceptors (Lipinski definition) is 0. The average molecular weight is 242 g/mol. The summed E-state index contributed by atoms with van der Waals surface area (Å²) in [6.45, 7) is 6.76. The third-order valence-corrected chi connectivity index (χ3v) is 7.53. The first-order valence-corrected chi connectivity index (χ1v) is 8.93. The van der Waals surface area contributed by atoms with Gasteiger partial charge in [0.1, 0.15) is 13.9 Å². The lowest BCUT2D eigenvalue weighted by molar-refractivity contribution is 0.632. The Morgan fingerprint density at radius 2 is 1.71 bits per heavy atom. The number of fused-ring (bicyclic) bond motifs is 3. The summed E-state index contributed by atoms with van der Waals surface area (Å²) in [6, 6.07) is 11.7. The Morgan fingerprint density at radius 3 is 2.47 bits per heavy atom. The van der Waals surface area contributed by atoms with E-state index in [1.165, 1.54) is 15.9 Å². The van der Waals surface area contributed by atoms with E-state index in [2.05, 4.69) is 38.2 Å². The number of rotatable bonds is 0. The predicted octanol–water partition coefficient (Wildman–Crippen LogP) is 2.94. The van der Waals surface area contributed by atoms with Gasteiger partial charge in [0.15, 0.2) is 0 Å². The minimum absolute atomic E-state index is 0.0765. The second kappa shape index (κ2) is 3.30. The molecule has 0 atom stereocenters. The molecule has 0 unspecified atom stereocenters. The van der Waals surface area contributed by atoms with Crippen LogP contribution in [0, 0.1) is 12.7 Å². The Bertz CT molecular complexity index is 614. The zero-order valence-corrected chi connectivity index (χ0v) is 11.3. The summed E-state index contributed by atoms with van der Waals surface area (Å²) in [5.74, 6) is -0.0765. The maximum Gasteiger partial charge on any atom is 0.130 e. The first kappa shape index (κ1) is 10.7. The van der Waals surface area contributed by atoms with E-state index in [-0.39, 0.29) is 5.82 Å². The molecule has 2 aromatic rings. The van der Waals surface area contributed by atoms with Gasteiger partial charge in [-0.15, -0.1) is 0 Å². The van der Waals surface area contributed by atoms with Crippen LogP contribution in [0.15, 0.2) is 36.4 Å². The van der Waals surface area contributed by atoms with Crippen molar-refractivity contribution in [3.8, 4) is 11.1 Å². The summed E-state index contributed by atoms with van der Waals surface area (Å²) in [4.78, 5) is 0. The van der Waals surface area contributed by atoms with E-state index >= 15 is 0 Å². The van der Waals surface area contributed by atoms with Crippen LogP contribution in [-0.2, 0) is 0 Å². The molecule has 1 heterocycles. The monoisotopic (exact) mass is 242 g/mol. The minimum Gasteiger partial charge on any atom is -0.206 e. The number of benzene rings is 2. The summed E-state index contributed by atoms with van der Waals surface area (Å²) in [5, 5.41) is 2.64. The topological polar surface area (TPSA) is 0 Å². The van der Waals surface area contributed by atoms with E-state index in [1.54, 1.807) is 6.07 Å². The normalized spacial score (nSPS) is 15.5. The second-order valence-electron chi connectivity index (χ2n) is 5.28. The van der Waals surface area contributed by atoms with Crippen molar-refractivity contribution in [3.05, 3.63) is 47.8 Å². The standard InChI is InChI=1S/C15H15FSi/c1-10-6-4-7-11-14-12(16)8-5-9-13(14)17(2,3)15(10)11/h4-9H,1-3H3. The molecule has 2 heteroatoms. The van der Waals surface area contributed by atoms with Crippen LogP contribution >= 0.6 is 0 Å². The Kier molecular flexibility index (Phi) is 2.08. The molecule has 17 heavy (non-hydrogen) atoms. The van der Waals surface area contributed by atoms with Crippen LogP contribution in [0.25, 0.3) is 11.1 Å². The van der Waals surface area contributed by atoms with Crippen molar-refractivity contribution in [2.45, 2.75) is 20.0 Å². The van der Waals surface area contributed by atoms with Gasteiger partial charge >= 0.3 is 0 Å². The molecule has 0 aromatic heterocycles.